The molecule has 2 rings (SSSR count). The van der Waals surface area contributed by atoms with Crippen LogP contribution in [-0.2, 0) is 0 Å². The summed E-state index contributed by atoms with van der Waals surface area (Å²) in [5.41, 5.74) is 1.60. The van der Waals surface area contributed by atoms with Crippen LogP contribution in [0.3, 0.4) is 0 Å². The van der Waals surface area contributed by atoms with E-state index in [1.54, 1.807) is 6.07 Å². The topological polar surface area (TPSA) is 40.5 Å². The maximum atomic E-state index is 11.3. The fourth-order valence-electron chi connectivity index (χ4n) is 2.42. The Balaban J connectivity index is 2.20. The van der Waals surface area contributed by atoms with Crippen LogP contribution in [-0.4, -0.2) is 30.6 Å². The fraction of sp³-hybridized carbons (Fsp3) is 0.500. The zero-order valence-electron chi connectivity index (χ0n) is 10.5. The molecule has 0 spiro atoms. The highest BCUT2D eigenvalue weighted by molar-refractivity contribution is 6.33. The van der Waals surface area contributed by atoms with Crippen molar-refractivity contribution in [3.8, 4) is 0 Å². The Hall–Kier alpha value is -1.06. The van der Waals surface area contributed by atoms with E-state index in [1.165, 1.54) is 6.92 Å². The second-order valence-corrected chi connectivity index (χ2v) is 5.27. The monoisotopic (exact) mass is 267 g/mol. The van der Waals surface area contributed by atoms with Crippen molar-refractivity contribution < 1.29 is 9.90 Å². The number of carbonyl (C=O) groups is 1. The lowest BCUT2D eigenvalue weighted by Crippen LogP contribution is -2.36. The highest BCUT2D eigenvalue weighted by Gasteiger charge is 2.21. The first-order valence-electron chi connectivity index (χ1n) is 6.28. The molecule has 1 unspecified atom stereocenters. The van der Waals surface area contributed by atoms with Crippen LogP contribution in [0.4, 0.5) is 5.69 Å². The van der Waals surface area contributed by atoms with Crippen LogP contribution < -0.4 is 4.90 Å². The first-order chi connectivity index (χ1) is 8.61. The van der Waals surface area contributed by atoms with Crippen LogP contribution in [0, 0.1) is 5.92 Å². The number of ketones is 1. The number of rotatable bonds is 3. The normalized spacial score (nSPS) is 19.9. The zero-order chi connectivity index (χ0) is 13.1. The van der Waals surface area contributed by atoms with Crippen LogP contribution in [0.5, 0.6) is 0 Å². The van der Waals surface area contributed by atoms with Gasteiger partial charge in [-0.2, -0.15) is 0 Å². The van der Waals surface area contributed by atoms with Crippen LogP contribution in [0.25, 0.3) is 0 Å². The van der Waals surface area contributed by atoms with E-state index in [9.17, 15) is 9.90 Å². The summed E-state index contributed by atoms with van der Waals surface area (Å²) in [4.78, 5) is 13.5. The van der Waals surface area contributed by atoms with Crippen molar-refractivity contribution in [1.82, 2.24) is 0 Å². The van der Waals surface area contributed by atoms with E-state index in [1.807, 2.05) is 12.1 Å². The van der Waals surface area contributed by atoms with Gasteiger partial charge in [0, 0.05) is 25.3 Å². The van der Waals surface area contributed by atoms with Gasteiger partial charge in [0.25, 0.3) is 0 Å². The van der Waals surface area contributed by atoms with Gasteiger partial charge in [-0.3, -0.25) is 4.79 Å². The van der Waals surface area contributed by atoms with E-state index < -0.39 is 0 Å². The smallest absolute Gasteiger partial charge is 0.159 e. The molecule has 1 saturated heterocycles. The van der Waals surface area contributed by atoms with Gasteiger partial charge >= 0.3 is 0 Å². The summed E-state index contributed by atoms with van der Waals surface area (Å²) >= 11 is 6.24. The number of nitrogens with zero attached hydrogens (tertiary/aromatic N) is 1. The Morgan fingerprint density at radius 2 is 2.33 bits per heavy atom. The van der Waals surface area contributed by atoms with E-state index >= 15 is 0 Å². The van der Waals surface area contributed by atoms with Gasteiger partial charge in [0.1, 0.15) is 0 Å². The molecule has 0 saturated carbocycles. The van der Waals surface area contributed by atoms with Crippen LogP contribution in [0.2, 0.25) is 5.02 Å². The molecule has 0 radical (unpaired) electrons. The maximum Gasteiger partial charge on any atom is 0.159 e. The van der Waals surface area contributed by atoms with Gasteiger partial charge in [-0.05, 0) is 43.9 Å². The lowest BCUT2D eigenvalue weighted by Gasteiger charge is -2.34. The Morgan fingerprint density at radius 1 is 1.56 bits per heavy atom. The Kier molecular flexibility index (Phi) is 4.25. The lowest BCUT2D eigenvalue weighted by atomic mass is 9.98. The molecule has 3 nitrogen and oxygen atoms in total. The van der Waals surface area contributed by atoms with E-state index in [4.69, 9.17) is 11.6 Å². The Morgan fingerprint density at radius 3 is 2.94 bits per heavy atom. The number of piperidine rings is 1. The fourth-order valence-corrected chi connectivity index (χ4v) is 2.72. The Bertz CT molecular complexity index is 447. The number of hydrogen-bond acceptors (Lipinski definition) is 3. The molecule has 0 amide bonds. The predicted octanol–water partition coefficient (Wildman–Crippen LogP) is 2.75. The summed E-state index contributed by atoms with van der Waals surface area (Å²) < 4.78 is 0. The quantitative estimate of drug-likeness (QED) is 0.856. The largest absolute Gasteiger partial charge is 0.396 e. The van der Waals surface area contributed by atoms with Crippen molar-refractivity contribution >= 4 is 23.1 Å². The SMILES string of the molecule is CC(=O)c1ccc(N2CCCC(CO)C2)c(Cl)c1. The first kappa shape index (κ1) is 13.4. The summed E-state index contributed by atoms with van der Waals surface area (Å²) in [5, 5.41) is 9.85. The van der Waals surface area contributed by atoms with Crippen LogP contribution in [0.15, 0.2) is 18.2 Å². The van der Waals surface area contributed by atoms with E-state index in [-0.39, 0.29) is 12.4 Å². The van der Waals surface area contributed by atoms with Crippen molar-refractivity contribution in [1.29, 1.82) is 0 Å². The van der Waals surface area contributed by atoms with Crippen LogP contribution in [0.1, 0.15) is 30.1 Å². The minimum Gasteiger partial charge on any atom is -0.396 e. The number of anilines is 1. The lowest BCUT2D eigenvalue weighted by molar-refractivity contribution is 0.101. The van der Waals surface area contributed by atoms with E-state index in [0.717, 1.165) is 31.6 Å². The molecule has 1 fully saturated rings. The summed E-state index contributed by atoms with van der Waals surface area (Å²) in [6.07, 6.45) is 2.13. The summed E-state index contributed by atoms with van der Waals surface area (Å²) in [6, 6.07) is 5.44. The zero-order valence-corrected chi connectivity index (χ0v) is 11.3. The molecule has 0 bridgehead atoms. The molecular weight excluding hydrogens is 250 g/mol. The first-order valence-corrected chi connectivity index (χ1v) is 6.66. The van der Waals surface area contributed by atoms with Crippen molar-refractivity contribution in [3.05, 3.63) is 28.8 Å². The molecule has 0 aliphatic carbocycles. The molecule has 1 aliphatic heterocycles. The number of benzene rings is 1. The summed E-state index contributed by atoms with van der Waals surface area (Å²) in [7, 11) is 0. The van der Waals surface area contributed by atoms with Gasteiger partial charge in [-0.25, -0.2) is 0 Å². The maximum absolute atomic E-state index is 11.3. The van der Waals surface area contributed by atoms with Gasteiger partial charge in [0.2, 0.25) is 0 Å². The van der Waals surface area contributed by atoms with Crippen molar-refractivity contribution in [2.75, 3.05) is 24.6 Å². The predicted molar refractivity (Wildman–Crippen MR) is 73.5 cm³/mol. The second kappa shape index (κ2) is 5.72. The number of halogens is 1. The van der Waals surface area contributed by atoms with E-state index in [0.29, 0.717) is 16.5 Å². The third-order valence-electron chi connectivity index (χ3n) is 3.47. The molecule has 1 atom stereocenters. The molecule has 0 aromatic heterocycles. The number of carbonyl (C=O) groups excluding carboxylic acids is 1. The molecule has 1 aromatic carbocycles. The van der Waals surface area contributed by atoms with Gasteiger partial charge in [0.15, 0.2) is 5.78 Å². The van der Waals surface area contributed by atoms with Crippen molar-refractivity contribution in [2.45, 2.75) is 19.8 Å². The highest BCUT2D eigenvalue weighted by atomic mass is 35.5. The molecule has 1 N–H and O–H groups in total. The highest BCUT2D eigenvalue weighted by Crippen LogP contribution is 2.30. The molecule has 98 valence electrons. The summed E-state index contributed by atoms with van der Waals surface area (Å²) in [5.74, 6) is 0.345. The molecule has 4 heteroatoms. The third-order valence-corrected chi connectivity index (χ3v) is 3.77. The van der Waals surface area contributed by atoms with Crippen molar-refractivity contribution in [2.24, 2.45) is 5.92 Å². The third kappa shape index (κ3) is 2.85. The van der Waals surface area contributed by atoms with Gasteiger partial charge < -0.3 is 10.0 Å². The molecular formula is C14H18ClNO2. The molecule has 18 heavy (non-hydrogen) atoms. The van der Waals surface area contributed by atoms with Gasteiger partial charge in [-0.1, -0.05) is 11.6 Å². The Labute approximate surface area is 112 Å². The standard InChI is InChI=1S/C14H18ClNO2/c1-10(18)12-4-5-14(13(15)7-12)16-6-2-3-11(8-16)9-17/h4-5,7,11,17H,2-3,6,8-9H2,1H3. The number of aliphatic hydroxyl groups is 1. The summed E-state index contributed by atoms with van der Waals surface area (Å²) in [6.45, 7) is 3.54. The minimum absolute atomic E-state index is 0.0235. The van der Waals surface area contributed by atoms with Crippen LogP contribution >= 0.6 is 11.6 Å². The minimum atomic E-state index is 0.0235. The molecule has 1 heterocycles. The number of aliphatic hydroxyl groups excluding tert-OH is 1. The number of hydrogen-bond donors (Lipinski definition) is 1. The average Bonchev–Trinajstić information content (AvgIpc) is 2.38. The van der Waals surface area contributed by atoms with Gasteiger partial charge in [-0.15, -0.1) is 0 Å². The average molecular weight is 268 g/mol. The molecule has 1 aliphatic rings. The molecule has 1 aromatic rings. The van der Waals surface area contributed by atoms with E-state index in [2.05, 4.69) is 4.90 Å². The number of Topliss-reactive ketones (excluding diaryl/α,β-unsaturated/α-hetero) is 1. The second-order valence-electron chi connectivity index (χ2n) is 4.86. The van der Waals surface area contributed by atoms with Crippen molar-refractivity contribution in [3.63, 3.8) is 0 Å². The van der Waals surface area contributed by atoms with Gasteiger partial charge in [0.05, 0.1) is 10.7 Å².